The maximum atomic E-state index is 11.1. The molecule has 0 heterocycles. The highest BCUT2D eigenvalue weighted by atomic mass is 16.5. The molecule has 0 amide bonds. The molecule has 3 heteroatoms. The van der Waals surface area contributed by atoms with Gasteiger partial charge in [-0.25, -0.2) is 0 Å². The Bertz CT molecular complexity index is 245. The molecule has 0 aromatic carbocycles. The summed E-state index contributed by atoms with van der Waals surface area (Å²) < 4.78 is 4.65. The minimum absolute atomic E-state index is 0.165. The molecule has 1 saturated carbocycles. The van der Waals surface area contributed by atoms with Crippen molar-refractivity contribution in [3.05, 3.63) is 0 Å². The zero-order chi connectivity index (χ0) is 12.9. The standard InChI is InChI=1S/C14H27NO2/c1-14(2,3)11-6-5-7-12(9-8-11)15-10-13(16)17-4/h11-12,15H,5-10H2,1-4H3. The van der Waals surface area contributed by atoms with Crippen molar-refractivity contribution in [1.82, 2.24) is 5.32 Å². The first-order valence-electron chi connectivity index (χ1n) is 6.73. The van der Waals surface area contributed by atoms with Crippen molar-refractivity contribution in [2.75, 3.05) is 13.7 Å². The third kappa shape index (κ3) is 5.07. The molecular formula is C14H27NO2. The second kappa shape index (κ2) is 6.39. The van der Waals surface area contributed by atoms with Crippen LogP contribution in [0.4, 0.5) is 0 Å². The number of carbonyl (C=O) groups excluding carboxylic acids is 1. The average Bonchev–Trinajstić information content (AvgIpc) is 2.50. The zero-order valence-electron chi connectivity index (χ0n) is 11.7. The van der Waals surface area contributed by atoms with Gasteiger partial charge in [-0.15, -0.1) is 0 Å². The molecular weight excluding hydrogens is 214 g/mol. The summed E-state index contributed by atoms with van der Waals surface area (Å²) in [6.45, 7) is 7.35. The van der Waals surface area contributed by atoms with E-state index in [-0.39, 0.29) is 5.97 Å². The molecule has 3 nitrogen and oxygen atoms in total. The molecule has 1 rings (SSSR count). The van der Waals surface area contributed by atoms with E-state index in [0.29, 0.717) is 18.0 Å². The van der Waals surface area contributed by atoms with Crippen LogP contribution in [0, 0.1) is 11.3 Å². The highest BCUT2D eigenvalue weighted by Gasteiger charge is 2.27. The largest absolute Gasteiger partial charge is 0.468 e. The number of esters is 1. The molecule has 1 fully saturated rings. The number of carbonyl (C=O) groups is 1. The van der Waals surface area contributed by atoms with Crippen LogP contribution in [-0.4, -0.2) is 25.7 Å². The second-order valence-corrected chi connectivity index (χ2v) is 6.23. The van der Waals surface area contributed by atoms with Gasteiger partial charge in [0, 0.05) is 6.04 Å². The first kappa shape index (κ1) is 14.5. The molecule has 1 aliphatic rings. The average molecular weight is 241 g/mol. The van der Waals surface area contributed by atoms with Crippen LogP contribution in [0.15, 0.2) is 0 Å². The summed E-state index contributed by atoms with van der Waals surface area (Å²) in [6, 6.07) is 0.487. The fraction of sp³-hybridized carbons (Fsp3) is 0.929. The Hall–Kier alpha value is -0.570. The Morgan fingerprint density at radius 2 is 1.94 bits per heavy atom. The van der Waals surface area contributed by atoms with Crippen molar-refractivity contribution in [3.63, 3.8) is 0 Å². The fourth-order valence-corrected chi connectivity index (χ4v) is 2.67. The van der Waals surface area contributed by atoms with Crippen molar-refractivity contribution in [3.8, 4) is 0 Å². The number of hydrogen-bond donors (Lipinski definition) is 1. The van der Waals surface area contributed by atoms with E-state index in [0.717, 1.165) is 5.92 Å². The lowest BCUT2D eigenvalue weighted by atomic mass is 9.76. The Labute approximate surface area is 105 Å². The highest BCUT2D eigenvalue weighted by molar-refractivity contribution is 5.71. The predicted octanol–water partition coefficient (Wildman–Crippen LogP) is 2.74. The van der Waals surface area contributed by atoms with Crippen molar-refractivity contribution in [2.24, 2.45) is 11.3 Å². The van der Waals surface area contributed by atoms with Gasteiger partial charge in [0.15, 0.2) is 0 Å². The Kier molecular flexibility index (Phi) is 5.44. The number of rotatable bonds is 3. The quantitative estimate of drug-likeness (QED) is 0.610. The summed E-state index contributed by atoms with van der Waals surface area (Å²) in [6.07, 6.45) is 6.21. The first-order chi connectivity index (χ1) is 7.93. The van der Waals surface area contributed by atoms with Crippen molar-refractivity contribution in [1.29, 1.82) is 0 Å². The third-order valence-electron chi connectivity index (χ3n) is 3.96. The lowest BCUT2D eigenvalue weighted by Crippen LogP contribution is -2.34. The summed E-state index contributed by atoms with van der Waals surface area (Å²) in [4.78, 5) is 11.1. The smallest absolute Gasteiger partial charge is 0.319 e. The van der Waals surface area contributed by atoms with E-state index < -0.39 is 0 Å². The minimum Gasteiger partial charge on any atom is -0.468 e. The van der Waals surface area contributed by atoms with Crippen molar-refractivity contribution < 1.29 is 9.53 Å². The number of hydrogen-bond acceptors (Lipinski definition) is 3. The van der Waals surface area contributed by atoms with Gasteiger partial charge in [-0.05, 0) is 37.0 Å². The lowest BCUT2D eigenvalue weighted by Gasteiger charge is -2.29. The van der Waals surface area contributed by atoms with Crippen LogP contribution in [0.1, 0.15) is 52.9 Å². The van der Waals surface area contributed by atoms with Crippen LogP contribution < -0.4 is 5.32 Å². The molecule has 0 aromatic heterocycles. The summed E-state index contributed by atoms with van der Waals surface area (Å²) >= 11 is 0. The molecule has 0 saturated heterocycles. The molecule has 0 aliphatic heterocycles. The van der Waals surface area contributed by atoms with E-state index in [1.54, 1.807) is 0 Å². The lowest BCUT2D eigenvalue weighted by molar-refractivity contribution is -0.139. The van der Waals surface area contributed by atoms with Crippen LogP contribution in [0.3, 0.4) is 0 Å². The molecule has 17 heavy (non-hydrogen) atoms. The molecule has 0 bridgehead atoms. The Morgan fingerprint density at radius 1 is 1.24 bits per heavy atom. The van der Waals surface area contributed by atoms with Crippen molar-refractivity contribution in [2.45, 2.75) is 58.9 Å². The van der Waals surface area contributed by atoms with Crippen LogP contribution in [0.25, 0.3) is 0 Å². The summed E-state index contributed by atoms with van der Waals surface area (Å²) in [5, 5.41) is 3.31. The van der Waals surface area contributed by atoms with E-state index >= 15 is 0 Å². The van der Waals surface area contributed by atoms with Gasteiger partial charge in [0.25, 0.3) is 0 Å². The summed E-state index contributed by atoms with van der Waals surface area (Å²) in [5.41, 5.74) is 0.414. The normalized spacial score (nSPS) is 26.4. The zero-order valence-corrected chi connectivity index (χ0v) is 11.7. The maximum Gasteiger partial charge on any atom is 0.319 e. The van der Waals surface area contributed by atoms with Crippen LogP contribution in [0.2, 0.25) is 0 Å². The topological polar surface area (TPSA) is 38.3 Å². The predicted molar refractivity (Wildman–Crippen MR) is 69.8 cm³/mol. The Morgan fingerprint density at radius 3 is 2.53 bits per heavy atom. The molecule has 0 radical (unpaired) electrons. The van der Waals surface area contributed by atoms with Gasteiger partial charge in [-0.1, -0.05) is 27.2 Å². The van der Waals surface area contributed by atoms with Crippen molar-refractivity contribution >= 4 is 5.97 Å². The first-order valence-corrected chi connectivity index (χ1v) is 6.73. The SMILES string of the molecule is COC(=O)CNC1CCCC(C(C)(C)C)CC1. The van der Waals surface area contributed by atoms with Gasteiger partial charge < -0.3 is 10.1 Å². The van der Waals surface area contributed by atoms with Crippen LogP contribution in [-0.2, 0) is 9.53 Å². The van der Waals surface area contributed by atoms with Gasteiger partial charge in [-0.2, -0.15) is 0 Å². The van der Waals surface area contributed by atoms with Gasteiger partial charge >= 0.3 is 5.97 Å². The van der Waals surface area contributed by atoms with Crippen LogP contribution >= 0.6 is 0 Å². The fourth-order valence-electron chi connectivity index (χ4n) is 2.67. The molecule has 2 atom stereocenters. The molecule has 1 aliphatic carbocycles. The molecule has 0 spiro atoms. The van der Waals surface area contributed by atoms with Gasteiger partial charge in [0.05, 0.1) is 13.7 Å². The van der Waals surface area contributed by atoms with E-state index in [1.165, 1.54) is 39.2 Å². The van der Waals surface area contributed by atoms with Gasteiger partial charge in [0.2, 0.25) is 0 Å². The maximum absolute atomic E-state index is 11.1. The Balaban J connectivity index is 2.35. The van der Waals surface area contributed by atoms with Gasteiger partial charge in [0.1, 0.15) is 0 Å². The number of nitrogens with one attached hydrogen (secondary N) is 1. The van der Waals surface area contributed by atoms with E-state index in [9.17, 15) is 4.79 Å². The second-order valence-electron chi connectivity index (χ2n) is 6.23. The minimum atomic E-state index is -0.165. The van der Waals surface area contributed by atoms with E-state index in [4.69, 9.17) is 0 Å². The summed E-state index contributed by atoms with van der Waals surface area (Å²) in [7, 11) is 1.44. The number of ether oxygens (including phenoxy) is 1. The van der Waals surface area contributed by atoms with E-state index in [1.807, 2.05) is 0 Å². The van der Waals surface area contributed by atoms with E-state index in [2.05, 4.69) is 30.8 Å². The molecule has 1 N–H and O–H groups in total. The molecule has 100 valence electrons. The van der Waals surface area contributed by atoms with Crippen LogP contribution in [0.5, 0.6) is 0 Å². The molecule has 2 unspecified atom stereocenters. The third-order valence-corrected chi connectivity index (χ3v) is 3.96. The summed E-state index contributed by atoms with van der Waals surface area (Å²) in [5.74, 6) is 0.647. The van der Waals surface area contributed by atoms with Gasteiger partial charge in [-0.3, -0.25) is 4.79 Å². The highest BCUT2D eigenvalue weighted by Crippen LogP contribution is 2.36. The molecule has 0 aromatic rings. The monoisotopic (exact) mass is 241 g/mol. The number of methoxy groups -OCH3 is 1.